The van der Waals surface area contributed by atoms with E-state index in [0.717, 1.165) is 22.6 Å². The topological polar surface area (TPSA) is 48.0 Å². The highest BCUT2D eigenvalue weighted by Gasteiger charge is 2.12. The van der Waals surface area contributed by atoms with Crippen molar-refractivity contribution >= 4 is 17.2 Å². The Morgan fingerprint density at radius 1 is 0.920 bits per heavy atom. The zero-order chi connectivity index (χ0) is 18.4. The van der Waals surface area contributed by atoms with E-state index in [-0.39, 0.29) is 5.91 Å². The molecule has 0 saturated heterocycles. The maximum atomic E-state index is 12.6. The molecule has 0 saturated carbocycles. The molecule has 5 nitrogen and oxygen atoms in total. The first-order valence-corrected chi connectivity index (χ1v) is 7.82. The Kier molecular flexibility index (Phi) is 6.06. The minimum Gasteiger partial charge on any atom is -0.497 e. The quantitative estimate of drug-likeness (QED) is 0.750. The molecular weight excluding hydrogens is 318 g/mol. The number of carbonyl (C=O) groups excluding carboxylic acids is 1. The fourth-order valence-corrected chi connectivity index (χ4v) is 2.38. The number of benzene rings is 2. The first kappa shape index (κ1) is 18.4. The molecule has 0 fully saturated rings. The summed E-state index contributed by atoms with van der Waals surface area (Å²) < 4.78 is 15.7. The third kappa shape index (κ3) is 4.32. The zero-order valence-electron chi connectivity index (χ0n) is 15.2. The van der Waals surface area contributed by atoms with E-state index < -0.39 is 0 Å². The molecular formula is C20H23NO4. The molecule has 0 heterocycles. The van der Waals surface area contributed by atoms with Gasteiger partial charge in [-0.15, -0.1) is 0 Å². The van der Waals surface area contributed by atoms with Gasteiger partial charge in [0.2, 0.25) is 0 Å². The third-order valence-corrected chi connectivity index (χ3v) is 3.97. The molecule has 0 aromatic heterocycles. The summed E-state index contributed by atoms with van der Waals surface area (Å²) in [5.41, 5.74) is 2.57. The molecule has 0 bridgehead atoms. The highest BCUT2D eigenvalue weighted by Crippen LogP contribution is 2.31. The molecule has 132 valence electrons. The number of amides is 1. The van der Waals surface area contributed by atoms with Crippen LogP contribution in [0.2, 0.25) is 0 Å². The Bertz CT molecular complexity index is 766. The molecule has 25 heavy (non-hydrogen) atoms. The second-order valence-electron chi connectivity index (χ2n) is 5.49. The van der Waals surface area contributed by atoms with Crippen LogP contribution in [0.15, 0.2) is 48.5 Å². The molecule has 2 rings (SSSR count). The van der Waals surface area contributed by atoms with E-state index in [4.69, 9.17) is 14.2 Å². The number of hydrogen-bond donors (Lipinski definition) is 0. The Hall–Kier alpha value is -2.95. The van der Waals surface area contributed by atoms with Gasteiger partial charge >= 0.3 is 0 Å². The van der Waals surface area contributed by atoms with E-state index in [1.807, 2.05) is 37.3 Å². The molecule has 0 atom stereocenters. The van der Waals surface area contributed by atoms with Gasteiger partial charge in [-0.1, -0.05) is 12.1 Å². The van der Waals surface area contributed by atoms with Gasteiger partial charge < -0.3 is 19.1 Å². The maximum Gasteiger partial charge on any atom is 0.250 e. The molecule has 0 N–H and O–H groups in total. The van der Waals surface area contributed by atoms with Crippen LogP contribution in [0.5, 0.6) is 17.2 Å². The summed E-state index contributed by atoms with van der Waals surface area (Å²) in [5, 5.41) is 0. The fraction of sp³-hybridized carbons (Fsp3) is 0.250. The van der Waals surface area contributed by atoms with E-state index in [1.54, 1.807) is 51.5 Å². The maximum absolute atomic E-state index is 12.6. The lowest BCUT2D eigenvalue weighted by Gasteiger charge is -2.18. The number of ether oxygens (including phenoxy) is 3. The molecule has 0 radical (unpaired) electrons. The van der Waals surface area contributed by atoms with Gasteiger partial charge in [-0.25, -0.2) is 0 Å². The SMILES string of the molecule is COc1ccc(/C(C)=C/C(=O)N(C)c2ccc(OC)c(OC)c2)cc1. The minimum atomic E-state index is -0.125. The second kappa shape index (κ2) is 8.24. The predicted molar refractivity (Wildman–Crippen MR) is 99.6 cm³/mol. The molecule has 0 spiro atoms. The van der Waals surface area contributed by atoms with Gasteiger partial charge in [0.05, 0.1) is 21.3 Å². The fourth-order valence-electron chi connectivity index (χ4n) is 2.38. The van der Waals surface area contributed by atoms with E-state index in [1.165, 1.54) is 0 Å². The van der Waals surface area contributed by atoms with Crippen LogP contribution in [0.4, 0.5) is 5.69 Å². The van der Waals surface area contributed by atoms with Gasteiger partial charge in [0, 0.05) is 24.9 Å². The number of nitrogens with zero attached hydrogens (tertiary/aromatic N) is 1. The summed E-state index contributed by atoms with van der Waals surface area (Å²) in [4.78, 5) is 14.1. The zero-order valence-corrected chi connectivity index (χ0v) is 15.2. The highest BCUT2D eigenvalue weighted by atomic mass is 16.5. The summed E-state index contributed by atoms with van der Waals surface area (Å²) in [6.07, 6.45) is 1.61. The molecule has 2 aromatic rings. The van der Waals surface area contributed by atoms with Crippen LogP contribution in [0.25, 0.3) is 5.57 Å². The van der Waals surface area contributed by atoms with Gasteiger partial charge in [-0.3, -0.25) is 4.79 Å². The van der Waals surface area contributed by atoms with Crippen LogP contribution in [0, 0.1) is 0 Å². The van der Waals surface area contributed by atoms with E-state index in [9.17, 15) is 4.79 Å². The Balaban J connectivity index is 2.20. The van der Waals surface area contributed by atoms with Gasteiger partial charge in [0.15, 0.2) is 11.5 Å². The lowest BCUT2D eigenvalue weighted by molar-refractivity contribution is -0.113. The lowest BCUT2D eigenvalue weighted by Crippen LogP contribution is -2.24. The molecule has 0 aliphatic heterocycles. The van der Waals surface area contributed by atoms with Crippen LogP contribution < -0.4 is 19.1 Å². The lowest BCUT2D eigenvalue weighted by atomic mass is 10.1. The third-order valence-electron chi connectivity index (χ3n) is 3.97. The van der Waals surface area contributed by atoms with Crippen molar-refractivity contribution in [2.24, 2.45) is 0 Å². The Labute approximate surface area is 148 Å². The average Bonchev–Trinajstić information content (AvgIpc) is 2.66. The smallest absolute Gasteiger partial charge is 0.250 e. The minimum absolute atomic E-state index is 0.125. The van der Waals surface area contributed by atoms with Crippen LogP contribution >= 0.6 is 0 Å². The summed E-state index contributed by atoms with van der Waals surface area (Å²) in [7, 11) is 6.49. The van der Waals surface area contributed by atoms with Gasteiger partial charge in [0.25, 0.3) is 5.91 Å². The van der Waals surface area contributed by atoms with Gasteiger partial charge in [-0.05, 0) is 42.3 Å². The Morgan fingerprint density at radius 3 is 2.12 bits per heavy atom. The molecule has 1 amide bonds. The highest BCUT2D eigenvalue weighted by molar-refractivity contribution is 6.05. The molecule has 0 aliphatic carbocycles. The van der Waals surface area contributed by atoms with Crippen molar-refractivity contribution in [3.05, 3.63) is 54.1 Å². The van der Waals surface area contributed by atoms with Gasteiger partial charge in [-0.2, -0.15) is 0 Å². The summed E-state index contributed by atoms with van der Waals surface area (Å²) in [6.45, 7) is 1.90. The number of carbonyl (C=O) groups is 1. The van der Waals surface area contributed by atoms with Crippen LogP contribution in [-0.4, -0.2) is 34.3 Å². The van der Waals surface area contributed by atoms with Gasteiger partial charge in [0.1, 0.15) is 5.75 Å². The average molecular weight is 341 g/mol. The van der Waals surface area contributed by atoms with Crippen LogP contribution in [0.3, 0.4) is 0 Å². The monoisotopic (exact) mass is 341 g/mol. The predicted octanol–water partition coefficient (Wildman–Crippen LogP) is 3.78. The largest absolute Gasteiger partial charge is 0.497 e. The van der Waals surface area contributed by atoms with Crippen molar-refractivity contribution in [2.45, 2.75) is 6.92 Å². The normalized spacial score (nSPS) is 11.0. The standard InChI is InChI=1S/C20H23NO4/c1-14(15-6-9-17(23-3)10-7-15)12-20(22)21(2)16-8-11-18(24-4)19(13-16)25-5/h6-13H,1-5H3/b14-12+. The number of allylic oxidation sites excluding steroid dienone is 1. The Morgan fingerprint density at radius 2 is 1.56 bits per heavy atom. The molecule has 0 aliphatic rings. The van der Waals surface area contributed by atoms with E-state index in [0.29, 0.717) is 11.5 Å². The number of anilines is 1. The van der Waals surface area contributed by atoms with E-state index >= 15 is 0 Å². The number of likely N-dealkylation sites (N-methyl/N-ethyl adjacent to an activating group) is 1. The second-order valence-corrected chi connectivity index (χ2v) is 5.49. The van der Waals surface area contributed by atoms with Crippen LogP contribution in [-0.2, 0) is 4.79 Å². The summed E-state index contributed by atoms with van der Waals surface area (Å²) in [5.74, 6) is 1.86. The molecule has 5 heteroatoms. The first-order chi connectivity index (χ1) is 12.0. The first-order valence-electron chi connectivity index (χ1n) is 7.82. The molecule has 2 aromatic carbocycles. The van der Waals surface area contributed by atoms with Crippen LogP contribution in [0.1, 0.15) is 12.5 Å². The van der Waals surface area contributed by atoms with Crippen molar-refractivity contribution in [3.8, 4) is 17.2 Å². The number of methoxy groups -OCH3 is 3. The number of rotatable bonds is 6. The van der Waals surface area contributed by atoms with Crippen molar-refractivity contribution < 1.29 is 19.0 Å². The van der Waals surface area contributed by atoms with Crippen molar-refractivity contribution in [1.29, 1.82) is 0 Å². The summed E-state index contributed by atoms with van der Waals surface area (Å²) >= 11 is 0. The van der Waals surface area contributed by atoms with Crippen molar-refractivity contribution in [1.82, 2.24) is 0 Å². The summed E-state index contributed by atoms with van der Waals surface area (Å²) in [6, 6.07) is 13.0. The van der Waals surface area contributed by atoms with Crippen molar-refractivity contribution in [3.63, 3.8) is 0 Å². The molecule has 0 unspecified atom stereocenters. The van der Waals surface area contributed by atoms with E-state index in [2.05, 4.69) is 0 Å². The van der Waals surface area contributed by atoms with Crippen molar-refractivity contribution in [2.75, 3.05) is 33.3 Å². The number of hydrogen-bond acceptors (Lipinski definition) is 4.